The van der Waals surface area contributed by atoms with Crippen molar-refractivity contribution in [1.29, 1.82) is 0 Å². The fourth-order valence-electron chi connectivity index (χ4n) is 4.17. The highest BCUT2D eigenvalue weighted by Crippen LogP contribution is 2.40. The molecular weight excluding hydrogens is 354 g/mol. The van der Waals surface area contributed by atoms with E-state index in [-0.39, 0.29) is 16.9 Å². The molecule has 1 saturated carbocycles. The predicted molar refractivity (Wildman–Crippen MR) is 105 cm³/mol. The smallest absolute Gasteiger partial charge is 0.270 e. The first-order chi connectivity index (χ1) is 13.6. The van der Waals surface area contributed by atoms with Crippen LogP contribution in [0.25, 0.3) is 5.65 Å². The zero-order valence-corrected chi connectivity index (χ0v) is 15.6. The van der Waals surface area contributed by atoms with Crippen LogP contribution in [-0.2, 0) is 6.42 Å². The number of nitrogens with two attached hydrogens (primary N) is 1. The summed E-state index contributed by atoms with van der Waals surface area (Å²) < 4.78 is 1.37. The van der Waals surface area contributed by atoms with E-state index >= 15 is 0 Å². The van der Waals surface area contributed by atoms with Gasteiger partial charge in [-0.15, -0.1) is 0 Å². The third-order valence-corrected chi connectivity index (χ3v) is 5.61. The Labute approximate surface area is 163 Å². The molecule has 1 aromatic carbocycles. The topological polar surface area (TPSA) is 102 Å². The third kappa shape index (κ3) is 3.47. The lowest BCUT2D eigenvalue weighted by Gasteiger charge is -2.29. The van der Waals surface area contributed by atoms with E-state index in [2.05, 4.69) is 39.7 Å². The Hall–Kier alpha value is -3.22. The van der Waals surface area contributed by atoms with E-state index in [1.165, 1.54) is 35.3 Å². The summed E-state index contributed by atoms with van der Waals surface area (Å²) in [6.45, 7) is 0.606. The van der Waals surface area contributed by atoms with Gasteiger partial charge in [-0.2, -0.15) is 5.10 Å². The molecule has 0 bridgehead atoms. The molecule has 1 aliphatic rings. The molecule has 144 valence electrons. The number of carbonyl (C=O) groups is 2. The number of carbonyl (C=O) groups excluding carboxylic acids is 2. The molecule has 28 heavy (non-hydrogen) atoms. The highest BCUT2D eigenvalue weighted by molar-refractivity contribution is 5.99. The summed E-state index contributed by atoms with van der Waals surface area (Å²) in [5.74, 6) is -0.848. The van der Waals surface area contributed by atoms with Gasteiger partial charge in [0.1, 0.15) is 11.3 Å². The van der Waals surface area contributed by atoms with E-state index in [0.717, 1.165) is 19.3 Å². The van der Waals surface area contributed by atoms with Crippen molar-refractivity contribution in [2.24, 2.45) is 11.1 Å². The normalized spacial score (nSPS) is 15.6. The number of primary amides is 1. The number of nitrogens with one attached hydrogen (secondary N) is 1. The molecule has 7 heteroatoms. The fourth-order valence-corrected chi connectivity index (χ4v) is 4.17. The Morgan fingerprint density at radius 3 is 2.61 bits per heavy atom. The number of benzene rings is 1. The van der Waals surface area contributed by atoms with Gasteiger partial charge < -0.3 is 11.1 Å². The summed E-state index contributed by atoms with van der Waals surface area (Å²) in [7, 11) is 0. The largest absolute Gasteiger partial charge is 0.365 e. The minimum Gasteiger partial charge on any atom is -0.365 e. The quantitative estimate of drug-likeness (QED) is 0.688. The fraction of sp³-hybridized carbons (Fsp3) is 0.333. The average molecular weight is 377 g/mol. The van der Waals surface area contributed by atoms with Crippen LogP contribution in [0, 0.1) is 5.41 Å². The van der Waals surface area contributed by atoms with Crippen molar-refractivity contribution in [2.75, 3.05) is 6.54 Å². The molecule has 0 unspecified atom stereocenters. The van der Waals surface area contributed by atoms with E-state index in [1.807, 2.05) is 6.07 Å². The minimum absolute atomic E-state index is 0.0751. The summed E-state index contributed by atoms with van der Waals surface area (Å²) in [6, 6.07) is 12.0. The first-order valence-corrected chi connectivity index (χ1v) is 9.53. The lowest BCUT2D eigenvalue weighted by molar-refractivity contribution is 0.0921. The zero-order valence-electron chi connectivity index (χ0n) is 15.6. The van der Waals surface area contributed by atoms with Gasteiger partial charge in [0.05, 0.1) is 6.20 Å². The van der Waals surface area contributed by atoms with Crippen molar-refractivity contribution in [3.05, 3.63) is 65.6 Å². The molecule has 2 aromatic heterocycles. The van der Waals surface area contributed by atoms with Crippen LogP contribution < -0.4 is 11.1 Å². The van der Waals surface area contributed by atoms with Gasteiger partial charge in [0.25, 0.3) is 11.8 Å². The van der Waals surface area contributed by atoms with Gasteiger partial charge in [-0.25, -0.2) is 9.50 Å². The molecule has 3 N–H and O–H groups in total. The van der Waals surface area contributed by atoms with E-state index in [4.69, 9.17) is 5.73 Å². The van der Waals surface area contributed by atoms with Crippen LogP contribution in [0.2, 0.25) is 0 Å². The molecule has 0 saturated heterocycles. The summed E-state index contributed by atoms with van der Waals surface area (Å²) >= 11 is 0. The monoisotopic (exact) mass is 377 g/mol. The molecule has 0 spiro atoms. The maximum absolute atomic E-state index is 12.9. The van der Waals surface area contributed by atoms with Crippen molar-refractivity contribution in [3.63, 3.8) is 0 Å². The van der Waals surface area contributed by atoms with E-state index in [1.54, 1.807) is 6.07 Å². The number of amides is 2. The van der Waals surface area contributed by atoms with Crippen molar-refractivity contribution < 1.29 is 9.59 Å². The van der Waals surface area contributed by atoms with Crippen LogP contribution >= 0.6 is 0 Å². The van der Waals surface area contributed by atoms with Gasteiger partial charge >= 0.3 is 0 Å². The minimum atomic E-state index is -0.618. The molecule has 0 aliphatic heterocycles. The summed E-state index contributed by atoms with van der Waals surface area (Å²) in [5.41, 5.74) is 7.55. The van der Waals surface area contributed by atoms with Crippen molar-refractivity contribution in [3.8, 4) is 0 Å². The van der Waals surface area contributed by atoms with E-state index < -0.39 is 5.91 Å². The van der Waals surface area contributed by atoms with Crippen LogP contribution in [0.5, 0.6) is 0 Å². The predicted octanol–water partition coefficient (Wildman–Crippen LogP) is 2.36. The maximum atomic E-state index is 12.9. The Balaban J connectivity index is 1.53. The van der Waals surface area contributed by atoms with Gasteiger partial charge in [0.15, 0.2) is 5.65 Å². The second kappa shape index (κ2) is 7.42. The van der Waals surface area contributed by atoms with Crippen molar-refractivity contribution in [1.82, 2.24) is 19.9 Å². The van der Waals surface area contributed by atoms with E-state index in [0.29, 0.717) is 17.9 Å². The SMILES string of the molecule is NC(=O)c1cnn2c(C(=O)NCC3(Cc4ccccc4)CCCC3)ccnc12. The highest BCUT2D eigenvalue weighted by atomic mass is 16.2. The average Bonchev–Trinajstić information content (AvgIpc) is 3.34. The molecule has 0 radical (unpaired) electrons. The van der Waals surface area contributed by atoms with Gasteiger partial charge in [-0.3, -0.25) is 9.59 Å². The van der Waals surface area contributed by atoms with Crippen LogP contribution in [0.4, 0.5) is 0 Å². The van der Waals surface area contributed by atoms with Crippen molar-refractivity contribution in [2.45, 2.75) is 32.1 Å². The molecule has 1 fully saturated rings. The van der Waals surface area contributed by atoms with Crippen LogP contribution in [-0.4, -0.2) is 33.0 Å². The number of aromatic nitrogens is 3. The lowest BCUT2D eigenvalue weighted by Crippen LogP contribution is -2.38. The molecule has 0 atom stereocenters. The third-order valence-electron chi connectivity index (χ3n) is 5.61. The zero-order chi connectivity index (χ0) is 19.6. The number of hydrogen-bond donors (Lipinski definition) is 2. The number of nitrogens with zero attached hydrogens (tertiary/aromatic N) is 3. The standard InChI is InChI=1S/C21H23N5O2/c22-18(27)16-13-25-26-17(8-11-23-19(16)26)20(28)24-14-21(9-4-5-10-21)12-15-6-2-1-3-7-15/h1-3,6-8,11,13H,4-5,9-10,12,14H2,(H2,22,27)(H,24,28). The lowest BCUT2D eigenvalue weighted by atomic mass is 9.80. The Kier molecular flexibility index (Phi) is 4.81. The van der Waals surface area contributed by atoms with Gasteiger partial charge in [0.2, 0.25) is 0 Å². The van der Waals surface area contributed by atoms with Crippen LogP contribution in [0.3, 0.4) is 0 Å². The molecule has 2 heterocycles. The summed E-state index contributed by atoms with van der Waals surface area (Å²) in [4.78, 5) is 28.5. The molecule has 3 aromatic rings. The Morgan fingerprint density at radius 1 is 1.14 bits per heavy atom. The maximum Gasteiger partial charge on any atom is 0.270 e. The highest BCUT2D eigenvalue weighted by Gasteiger charge is 2.34. The van der Waals surface area contributed by atoms with Gasteiger partial charge in [-0.05, 0) is 36.3 Å². The number of rotatable bonds is 6. The molecule has 4 rings (SSSR count). The van der Waals surface area contributed by atoms with Gasteiger partial charge in [-0.1, -0.05) is 43.2 Å². The van der Waals surface area contributed by atoms with Crippen LogP contribution in [0.15, 0.2) is 48.8 Å². The van der Waals surface area contributed by atoms with E-state index in [9.17, 15) is 9.59 Å². The first kappa shape index (κ1) is 18.2. The molecular formula is C21H23N5O2. The molecule has 2 amide bonds. The van der Waals surface area contributed by atoms with Crippen molar-refractivity contribution >= 4 is 17.5 Å². The number of fused-ring (bicyclic) bond motifs is 1. The molecule has 1 aliphatic carbocycles. The number of hydrogen-bond acceptors (Lipinski definition) is 4. The molecule has 7 nitrogen and oxygen atoms in total. The Bertz CT molecular complexity index is 1010. The van der Waals surface area contributed by atoms with Gasteiger partial charge in [0, 0.05) is 12.7 Å². The summed E-state index contributed by atoms with van der Waals surface area (Å²) in [6.07, 6.45) is 8.35. The first-order valence-electron chi connectivity index (χ1n) is 9.53. The Morgan fingerprint density at radius 2 is 1.89 bits per heavy atom. The summed E-state index contributed by atoms with van der Waals surface area (Å²) in [5, 5.41) is 7.21. The van der Waals surface area contributed by atoms with Crippen LogP contribution in [0.1, 0.15) is 52.1 Å². The second-order valence-corrected chi connectivity index (χ2v) is 7.54. The second-order valence-electron chi connectivity index (χ2n) is 7.54.